The SMILES string of the molecule is Cc1ccc(N2CCSC(C)C2C)c(CNC(C)C)c1. The van der Waals surface area contributed by atoms with Crippen LogP contribution in [-0.2, 0) is 6.54 Å². The Kier molecular flexibility index (Phi) is 5.39. The van der Waals surface area contributed by atoms with Crippen LogP contribution in [0.1, 0.15) is 38.8 Å². The van der Waals surface area contributed by atoms with Crippen LogP contribution in [0.2, 0.25) is 0 Å². The van der Waals surface area contributed by atoms with Gasteiger partial charge in [0.2, 0.25) is 0 Å². The summed E-state index contributed by atoms with van der Waals surface area (Å²) < 4.78 is 0. The van der Waals surface area contributed by atoms with Gasteiger partial charge in [0.05, 0.1) is 0 Å². The number of rotatable bonds is 4. The zero-order valence-corrected chi connectivity index (χ0v) is 14.3. The zero-order valence-electron chi connectivity index (χ0n) is 13.4. The van der Waals surface area contributed by atoms with Gasteiger partial charge in [-0.25, -0.2) is 0 Å². The summed E-state index contributed by atoms with van der Waals surface area (Å²) in [5, 5.41) is 4.27. The maximum atomic E-state index is 3.56. The molecule has 0 saturated carbocycles. The van der Waals surface area contributed by atoms with E-state index in [0.717, 1.165) is 13.1 Å². The summed E-state index contributed by atoms with van der Waals surface area (Å²) in [5.41, 5.74) is 4.20. The minimum atomic E-state index is 0.525. The molecule has 2 nitrogen and oxygen atoms in total. The van der Waals surface area contributed by atoms with Crippen molar-refractivity contribution < 1.29 is 0 Å². The summed E-state index contributed by atoms with van der Waals surface area (Å²) >= 11 is 2.09. The number of hydrogen-bond acceptors (Lipinski definition) is 3. The molecule has 0 aliphatic carbocycles. The van der Waals surface area contributed by atoms with Crippen LogP contribution in [0.5, 0.6) is 0 Å². The van der Waals surface area contributed by atoms with Gasteiger partial charge in [-0.3, -0.25) is 0 Å². The molecular formula is C17H28N2S. The Hall–Kier alpha value is -0.670. The smallest absolute Gasteiger partial charge is 0.0415 e. The first-order valence-electron chi connectivity index (χ1n) is 7.70. The molecule has 1 aliphatic rings. The number of thioether (sulfide) groups is 1. The summed E-state index contributed by atoms with van der Waals surface area (Å²) in [7, 11) is 0. The number of nitrogens with zero attached hydrogens (tertiary/aromatic N) is 1. The van der Waals surface area contributed by atoms with Gasteiger partial charge in [-0.15, -0.1) is 0 Å². The molecule has 1 N–H and O–H groups in total. The van der Waals surface area contributed by atoms with Gasteiger partial charge in [0.25, 0.3) is 0 Å². The molecule has 1 saturated heterocycles. The molecule has 0 radical (unpaired) electrons. The minimum absolute atomic E-state index is 0.525. The Balaban J connectivity index is 2.25. The lowest BCUT2D eigenvalue weighted by molar-refractivity contribution is 0.581. The van der Waals surface area contributed by atoms with Crippen LogP contribution in [0.25, 0.3) is 0 Å². The van der Waals surface area contributed by atoms with Crippen LogP contribution in [0, 0.1) is 6.92 Å². The highest BCUT2D eigenvalue weighted by molar-refractivity contribution is 8.00. The van der Waals surface area contributed by atoms with Crippen molar-refractivity contribution in [2.45, 2.75) is 58.5 Å². The van der Waals surface area contributed by atoms with Crippen LogP contribution in [0.15, 0.2) is 18.2 Å². The van der Waals surface area contributed by atoms with Crippen molar-refractivity contribution in [1.82, 2.24) is 5.32 Å². The van der Waals surface area contributed by atoms with E-state index in [-0.39, 0.29) is 0 Å². The fourth-order valence-corrected chi connectivity index (χ4v) is 3.82. The van der Waals surface area contributed by atoms with E-state index in [1.807, 2.05) is 0 Å². The first-order valence-corrected chi connectivity index (χ1v) is 8.75. The standard InChI is InChI=1S/C17H28N2S/c1-12(2)18-11-16-10-13(3)6-7-17(16)19-8-9-20-15(5)14(19)4/h6-7,10,12,14-15,18H,8-9,11H2,1-5H3. The molecule has 112 valence electrons. The van der Waals surface area contributed by atoms with E-state index in [2.05, 4.69) is 74.8 Å². The molecule has 1 aliphatic heterocycles. The van der Waals surface area contributed by atoms with Crippen molar-refractivity contribution in [2.24, 2.45) is 0 Å². The highest BCUT2D eigenvalue weighted by atomic mass is 32.2. The van der Waals surface area contributed by atoms with E-state index in [0.29, 0.717) is 17.3 Å². The van der Waals surface area contributed by atoms with Crippen molar-refractivity contribution in [2.75, 3.05) is 17.2 Å². The molecule has 0 amide bonds. The fourth-order valence-electron chi connectivity index (χ4n) is 2.72. The van der Waals surface area contributed by atoms with Crippen LogP contribution in [-0.4, -0.2) is 29.6 Å². The predicted molar refractivity (Wildman–Crippen MR) is 91.9 cm³/mol. The molecule has 1 aromatic carbocycles. The van der Waals surface area contributed by atoms with Gasteiger partial charge in [-0.1, -0.05) is 38.5 Å². The van der Waals surface area contributed by atoms with E-state index in [9.17, 15) is 0 Å². The number of benzene rings is 1. The Bertz CT molecular complexity index is 445. The lowest BCUT2D eigenvalue weighted by Crippen LogP contribution is -2.45. The second kappa shape index (κ2) is 6.86. The third-order valence-electron chi connectivity index (χ3n) is 4.13. The van der Waals surface area contributed by atoms with E-state index in [1.165, 1.54) is 22.6 Å². The van der Waals surface area contributed by atoms with Gasteiger partial charge in [-0.05, 0) is 25.5 Å². The highest BCUT2D eigenvalue weighted by Crippen LogP contribution is 2.31. The first kappa shape index (κ1) is 15.7. The zero-order chi connectivity index (χ0) is 14.7. The predicted octanol–water partition coefficient (Wildman–Crippen LogP) is 3.82. The highest BCUT2D eigenvalue weighted by Gasteiger charge is 2.26. The lowest BCUT2D eigenvalue weighted by Gasteiger charge is -2.40. The van der Waals surface area contributed by atoms with Gasteiger partial charge >= 0.3 is 0 Å². The monoisotopic (exact) mass is 292 g/mol. The maximum absolute atomic E-state index is 3.56. The average Bonchev–Trinajstić information content (AvgIpc) is 2.40. The van der Waals surface area contributed by atoms with Gasteiger partial charge in [0, 0.05) is 41.9 Å². The Morgan fingerprint density at radius 2 is 2.10 bits per heavy atom. The first-order chi connectivity index (χ1) is 9.49. The third-order valence-corrected chi connectivity index (χ3v) is 5.47. The van der Waals surface area contributed by atoms with Gasteiger partial charge in [0.1, 0.15) is 0 Å². The number of aryl methyl sites for hydroxylation is 1. The summed E-state index contributed by atoms with van der Waals surface area (Å²) in [6.07, 6.45) is 0. The van der Waals surface area contributed by atoms with Crippen molar-refractivity contribution in [3.05, 3.63) is 29.3 Å². The van der Waals surface area contributed by atoms with Gasteiger partial charge in [0.15, 0.2) is 0 Å². The number of hydrogen-bond donors (Lipinski definition) is 1. The molecule has 2 unspecified atom stereocenters. The molecule has 2 atom stereocenters. The summed E-state index contributed by atoms with van der Waals surface area (Å²) in [5.74, 6) is 1.23. The maximum Gasteiger partial charge on any atom is 0.0415 e. The molecular weight excluding hydrogens is 264 g/mol. The summed E-state index contributed by atoms with van der Waals surface area (Å²) in [4.78, 5) is 2.60. The van der Waals surface area contributed by atoms with Gasteiger partial charge in [-0.2, -0.15) is 11.8 Å². The van der Waals surface area contributed by atoms with Crippen LogP contribution in [0.4, 0.5) is 5.69 Å². The largest absolute Gasteiger partial charge is 0.367 e. The quantitative estimate of drug-likeness (QED) is 0.908. The van der Waals surface area contributed by atoms with Crippen molar-refractivity contribution in [1.29, 1.82) is 0 Å². The minimum Gasteiger partial charge on any atom is -0.367 e. The van der Waals surface area contributed by atoms with Gasteiger partial charge < -0.3 is 10.2 Å². The molecule has 1 fully saturated rings. The van der Waals surface area contributed by atoms with Crippen molar-refractivity contribution in [3.63, 3.8) is 0 Å². The topological polar surface area (TPSA) is 15.3 Å². The molecule has 1 aromatic rings. The van der Waals surface area contributed by atoms with E-state index >= 15 is 0 Å². The molecule has 0 bridgehead atoms. The van der Waals surface area contributed by atoms with Crippen LogP contribution in [0.3, 0.4) is 0 Å². The molecule has 0 spiro atoms. The Labute approximate surface area is 128 Å². The number of anilines is 1. The molecule has 1 heterocycles. The van der Waals surface area contributed by atoms with Crippen molar-refractivity contribution >= 4 is 17.4 Å². The second-order valence-corrected chi connectivity index (χ2v) is 7.66. The van der Waals surface area contributed by atoms with Crippen molar-refractivity contribution in [3.8, 4) is 0 Å². The molecule has 3 heteroatoms. The normalized spacial score (nSPS) is 23.4. The summed E-state index contributed by atoms with van der Waals surface area (Å²) in [6.45, 7) is 13.4. The molecule has 20 heavy (non-hydrogen) atoms. The van der Waals surface area contributed by atoms with Crippen LogP contribution < -0.4 is 10.2 Å². The Morgan fingerprint density at radius 1 is 1.35 bits per heavy atom. The van der Waals surface area contributed by atoms with Crippen LogP contribution >= 0.6 is 11.8 Å². The van der Waals surface area contributed by atoms with E-state index in [4.69, 9.17) is 0 Å². The number of nitrogens with one attached hydrogen (secondary N) is 1. The van der Waals surface area contributed by atoms with E-state index in [1.54, 1.807) is 0 Å². The van der Waals surface area contributed by atoms with E-state index < -0.39 is 0 Å². The molecule has 0 aromatic heterocycles. The second-order valence-electron chi connectivity index (χ2n) is 6.18. The Morgan fingerprint density at radius 3 is 2.80 bits per heavy atom. The third kappa shape index (κ3) is 3.70. The lowest BCUT2D eigenvalue weighted by atomic mass is 10.1. The average molecular weight is 292 g/mol. The fraction of sp³-hybridized carbons (Fsp3) is 0.647. The summed E-state index contributed by atoms with van der Waals surface area (Å²) in [6, 6.07) is 8.02. The molecule has 2 rings (SSSR count).